The molecular weight excluding hydrogens is 402 g/mol. The Balaban J connectivity index is 1.88. The summed E-state index contributed by atoms with van der Waals surface area (Å²) < 4.78 is 5.84. The van der Waals surface area contributed by atoms with Gasteiger partial charge in [0.25, 0.3) is 5.91 Å². The number of nitrogens with zero attached hydrogens (tertiary/aromatic N) is 1. The Hall–Kier alpha value is -2.39. The van der Waals surface area contributed by atoms with Gasteiger partial charge in [-0.25, -0.2) is 0 Å². The second-order valence-corrected chi connectivity index (χ2v) is 7.77. The molecule has 0 atom stereocenters. The van der Waals surface area contributed by atoms with E-state index in [2.05, 4.69) is 0 Å². The molecule has 0 saturated carbocycles. The third-order valence-electron chi connectivity index (χ3n) is 3.91. The standard InChI is InChI=1S/C19H21NO6S2/c21-16(22)4-2-1-3-10-20-18(25)15(28-19(20)27)12-13-5-7-14(8-6-13)26-11-9-17(23)24/h5-8,12H,1-4,9-11H2,(H,21,22)(H,23,24)/b15-12-. The molecule has 150 valence electrons. The molecule has 0 radical (unpaired) electrons. The van der Waals surface area contributed by atoms with Crippen LogP contribution in [0.3, 0.4) is 0 Å². The maximum absolute atomic E-state index is 12.5. The quantitative estimate of drug-likeness (QED) is 0.317. The van der Waals surface area contributed by atoms with E-state index in [1.807, 2.05) is 0 Å². The number of ether oxygens (including phenoxy) is 1. The average molecular weight is 424 g/mol. The summed E-state index contributed by atoms with van der Waals surface area (Å²) in [4.78, 5) is 35.6. The Morgan fingerprint density at radius 3 is 2.39 bits per heavy atom. The summed E-state index contributed by atoms with van der Waals surface area (Å²) in [5, 5.41) is 17.2. The van der Waals surface area contributed by atoms with Crippen molar-refractivity contribution in [3.63, 3.8) is 0 Å². The third kappa shape index (κ3) is 6.97. The van der Waals surface area contributed by atoms with Gasteiger partial charge in [-0.1, -0.05) is 42.5 Å². The molecule has 1 heterocycles. The van der Waals surface area contributed by atoms with Crippen LogP contribution in [0.25, 0.3) is 6.08 Å². The van der Waals surface area contributed by atoms with Crippen molar-refractivity contribution in [3.8, 4) is 5.75 Å². The Morgan fingerprint density at radius 1 is 1.07 bits per heavy atom. The molecule has 1 amide bonds. The monoisotopic (exact) mass is 423 g/mol. The van der Waals surface area contributed by atoms with Crippen molar-refractivity contribution in [1.82, 2.24) is 4.90 Å². The predicted octanol–water partition coefficient (Wildman–Crippen LogP) is 3.39. The van der Waals surface area contributed by atoms with Crippen LogP contribution < -0.4 is 4.74 Å². The third-order valence-corrected chi connectivity index (χ3v) is 5.29. The number of aliphatic carboxylic acids is 2. The molecule has 28 heavy (non-hydrogen) atoms. The van der Waals surface area contributed by atoms with Crippen LogP contribution in [-0.4, -0.2) is 50.4 Å². The Labute approximate surface area is 172 Å². The summed E-state index contributed by atoms with van der Waals surface area (Å²) in [5.41, 5.74) is 0.813. The van der Waals surface area contributed by atoms with E-state index in [1.54, 1.807) is 35.2 Å². The number of carboxylic acid groups (broad SMARTS) is 2. The lowest BCUT2D eigenvalue weighted by atomic mass is 10.2. The van der Waals surface area contributed by atoms with E-state index in [0.29, 0.717) is 34.4 Å². The fourth-order valence-corrected chi connectivity index (χ4v) is 3.79. The van der Waals surface area contributed by atoms with Crippen molar-refractivity contribution in [3.05, 3.63) is 34.7 Å². The van der Waals surface area contributed by atoms with Crippen molar-refractivity contribution in [1.29, 1.82) is 0 Å². The number of rotatable bonds is 11. The minimum atomic E-state index is -0.916. The molecule has 1 fully saturated rings. The van der Waals surface area contributed by atoms with E-state index in [1.165, 1.54) is 11.8 Å². The van der Waals surface area contributed by atoms with Gasteiger partial charge in [-0.2, -0.15) is 0 Å². The van der Waals surface area contributed by atoms with Crippen LogP contribution in [0.4, 0.5) is 0 Å². The van der Waals surface area contributed by atoms with Crippen molar-refractivity contribution in [2.45, 2.75) is 32.1 Å². The molecule has 1 saturated heterocycles. The largest absolute Gasteiger partial charge is 0.493 e. The summed E-state index contributed by atoms with van der Waals surface area (Å²) in [6.07, 6.45) is 3.83. The number of thioether (sulfide) groups is 1. The van der Waals surface area contributed by atoms with Gasteiger partial charge in [0.05, 0.1) is 17.9 Å². The van der Waals surface area contributed by atoms with E-state index in [0.717, 1.165) is 12.0 Å². The lowest BCUT2D eigenvalue weighted by Crippen LogP contribution is -2.29. The first kappa shape index (κ1) is 21.9. The summed E-state index contributed by atoms with van der Waals surface area (Å²) in [6, 6.07) is 7.01. The lowest BCUT2D eigenvalue weighted by molar-refractivity contribution is -0.138. The van der Waals surface area contributed by atoms with Crippen molar-refractivity contribution >= 4 is 52.2 Å². The first-order valence-corrected chi connectivity index (χ1v) is 10.0. The van der Waals surface area contributed by atoms with Crippen LogP contribution in [0.2, 0.25) is 0 Å². The lowest BCUT2D eigenvalue weighted by Gasteiger charge is -2.13. The number of hydrogen-bond donors (Lipinski definition) is 2. The van der Waals surface area contributed by atoms with Gasteiger partial charge in [0, 0.05) is 13.0 Å². The number of unbranched alkanes of at least 4 members (excludes halogenated alkanes) is 2. The van der Waals surface area contributed by atoms with Crippen LogP contribution >= 0.6 is 24.0 Å². The minimum Gasteiger partial charge on any atom is -0.493 e. The molecule has 0 bridgehead atoms. The fourth-order valence-electron chi connectivity index (χ4n) is 2.48. The molecule has 1 aliphatic heterocycles. The van der Waals surface area contributed by atoms with E-state index < -0.39 is 11.9 Å². The highest BCUT2D eigenvalue weighted by Crippen LogP contribution is 2.33. The normalized spacial score (nSPS) is 15.3. The summed E-state index contributed by atoms with van der Waals surface area (Å²) in [5.74, 6) is -1.31. The molecular formula is C19H21NO6S2. The molecule has 0 aromatic heterocycles. The van der Waals surface area contributed by atoms with Crippen LogP contribution in [0.1, 0.15) is 37.7 Å². The molecule has 9 heteroatoms. The molecule has 7 nitrogen and oxygen atoms in total. The number of carboxylic acids is 2. The first-order valence-electron chi connectivity index (χ1n) is 8.78. The molecule has 1 aromatic rings. The highest BCUT2D eigenvalue weighted by Gasteiger charge is 2.31. The van der Waals surface area contributed by atoms with E-state index in [9.17, 15) is 14.4 Å². The van der Waals surface area contributed by atoms with Crippen LogP contribution in [0, 0.1) is 0 Å². The molecule has 1 aromatic carbocycles. The maximum atomic E-state index is 12.5. The zero-order valence-corrected chi connectivity index (χ0v) is 16.8. The highest BCUT2D eigenvalue weighted by molar-refractivity contribution is 8.26. The summed E-state index contributed by atoms with van der Waals surface area (Å²) >= 11 is 6.53. The zero-order valence-electron chi connectivity index (χ0n) is 15.1. The molecule has 2 rings (SSSR count). The number of hydrogen-bond acceptors (Lipinski definition) is 6. The van der Waals surface area contributed by atoms with Gasteiger partial charge in [-0.15, -0.1) is 0 Å². The molecule has 0 aliphatic carbocycles. The van der Waals surface area contributed by atoms with Gasteiger partial charge in [0.2, 0.25) is 0 Å². The van der Waals surface area contributed by atoms with Crippen LogP contribution in [0.15, 0.2) is 29.2 Å². The summed E-state index contributed by atoms with van der Waals surface area (Å²) in [7, 11) is 0. The van der Waals surface area contributed by atoms with Crippen LogP contribution in [0.5, 0.6) is 5.75 Å². The van der Waals surface area contributed by atoms with Gasteiger partial charge >= 0.3 is 11.9 Å². The smallest absolute Gasteiger partial charge is 0.306 e. The number of carbonyl (C=O) groups excluding carboxylic acids is 1. The van der Waals surface area contributed by atoms with Gasteiger partial charge in [-0.05, 0) is 36.6 Å². The average Bonchev–Trinajstić information content (AvgIpc) is 2.89. The number of benzene rings is 1. The Morgan fingerprint density at radius 2 is 1.75 bits per heavy atom. The Bertz CT molecular complexity index is 775. The van der Waals surface area contributed by atoms with E-state index in [4.69, 9.17) is 27.2 Å². The molecule has 2 N–H and O–H groups in total. The molecule has 0 unspecified atom stereocenters. The van der Waals surface area contributed by atoms with Gasteiger partial charge in [-0.3, -0.25) is 19.3 Å². The topological polar surface area (TPSA) is 104 Å². The predicted molar refractivity (Wildman–Crippen MR) is 110 cm³/mol. The van der Waals surface area contributed by atoms with Gasteiger partial charge in [0.1, 0.15) is 10.1 Å². The SMILES string of the molecule is O=C(O)CCCCCN1C(=O)/C(=C/c2ccc(OCCC(=O)O)cc2)SC1=S. The number of amides is 1. The second-order valence-electron chi connectivity index (χ2n) is 6.10. The van der Waals surface area contributed by atoms with E-state index >= 15 is 0 Å². The van der Waals surface area contributed by atoms with Crippen molar-refractivity contribution in [2.24, 2.45) is 0 Å². The van der Waals surface area contributed by atoms with Crippen molar-refractivity contribution < 1.29 is 29.3 Å². The zero-order chi connectivity index (χ0) is 20.5. The first-order chi connectivity index (χ1) is 13.4. The number of thiocarbonyl (C=S) groups is 1. The number of carbonyl (C=O) groups is 3. The molecule has 1 aliphatic rings. The van der Waals surface area contributed by atoms with E-state index in [-0.39, 0.29) is 25.4 Å². The van der Waals surface area contributed by atoms with Crippen molar-refractivity contribution in [2.75, 3.05) is 13.2 Å². The minimum absolute atomic E-state index is 0.0689. The maximum Gasteiger partial charge on any atom is 0.306 e. The molecule has 0 spiro atoms. The van der Waals surface area contributed by atoms with Crippen LogP contribution in [-0.2, 0) is 14.4 Å². The van der Waals surface area contributed by atoms with Gasteiger partial charge < -0.3 is 14.9 Å². The second kappa shape index (κ2) is 10.8. The summed E-state index contributed by atoms with van der Waals surface area (Å²) in [6.45, 7) is 0.581. The fraction of sp³-hybridized carbons (Fsp3) is 0.368. The van der Waals surface area contributed by atoms with Gasteiger partial charge in [0.15, 0.2) is 0 Å². The Kier molecular flexibility index (Phi) is 8.46. The highest BCUT2D eigenvalue weighted by atomic mass is 32.2.